The normalized spacial score (nSPS) is 12.0. The molecular weight excluding hydrogens is 460 g/mol. The van der Waals surface area contributed by atoms with E-state index in [1.165, 1.54) is 5.56 Å². The molecule has 5 nitrogen and oxygen atoms in total. The van der Waals surface area contributed by atoms with E-state index >= 15 is 0 Å². The van der Waals surface area contributed by atoms with Crippen LogP contribution in [0.4, 0.5) is 0 Å². The molecule has 0 aliphatic heterocycles. The Morgan fingerprint density at radius 2 is 1.46 bits per heavy atom. The summed E-state index contributed by atoms with van der Waals surface area (Å²) in [4.78, 5) is 28.7. The van der Waals surface area contributed by atoms with Crippen molar-refractivity contribution < 1.29 is 14.3 Å². The summed E-state index contributed by atoms with van der Waals surface area (Å²) in [6.07, 6.45) is 2.31. The zero-order valence-electron chi connectivity index (χ0n) is 22.6. The van der Waals surface area contributed by atoms with Crippen LogP contribution in [0.2, 0.25) is 0 Å². The smallest absolute Gasteiger partial charge is 0.261 e. The Labute approximate surface area is 221 Å². The molecule has 3 aromatic carbocycles. The highest BCUT2D eigenvalue weighted by molar-refractivity contribution is 5.88. The van der Waals surface area contributed by atoms with Crippen LogP contribution < -0.4 is 10.1 Å². The van der Waals surface area contributed by atoms with Gasteiger partial charge in [-0.15, -0.1) is 0 Å². The van der Waals surface area contributed by atoms with Crippen molar-refractivity contribution in [3.8, 4) is 5.75 Å². The molecule has 1 N–H and O–H groups in total. The lowest BCUT2D eigenvalue weighted by molar-refractivity contribution is -0.142. The van der Waals surface area contributed by atoms with Gasteiger partial charge in [-0.2, -0.15) is 0 Å². The third kappa shape index (κ3) is 8.78. The number of carbonyl (C=O) groups is 2. The van der Waals surface area contributed by atoms with Crippen LogP contribution in [-0.2, 0) is 28.0 Å². The summed E-state index contributed by atoms with van der Waals surface area (Å²) in [7, 11) is 0. The molecule has 0 bridgehead atoms. The molecule has 0 saturated carbocycles. The van der Waals surface area contributed by atoms with Gasteiger partial charge in [0.25, 0.3) is 5.91 Å². The third-order valence-corrected chi connectivity index (χ3v) is 6.38. The highest BCUT2D eigenvalue weighted by Crippen LogP contribution is 2.24. The molecule has 196 valence electrons. The van der Waals surface area contributed by atoms with Crippen LogP contribution in [0.3, 0.4) is 0 Å². The number of unbranched alkanes of at least 4 members (excludes halogenated alkanes) is 1. The van der Waals surface area contributed by atoms with E-state index in [4.69, 9.17) is 4.74 Å². The van der Waals surface area contributed by atoms with Gasteiger partial charge in [0.15, 0.2) is 6.61 Å². The Hall–Kier alpha value is -3.60. The highest BCUT2D eigenvalue weighted by atomic mass is 16.5. The van der Waals surface area contributed by atoms with Gasteiger partial charge in [0.05, 0.1) is 0 Å². The molecule has 0 radical (unpaired) electrons. The Bertz CT molecular complexity index is 1110. The van der Waals surface area contributed by atoms with Crippen LogP contribution in [0.25, 0.3) is 0 Å². The van der Waals surface area contributed by atoms with E-state index in [0.717, 1.165) is 24.0 Å². The first-order chi connectivity index (χ1) is 17.8. The first-order valence-corrected chi connectivity index (χ1v) is 13.2. The number of nitrogens with one attached hydrogen (secondary N) is 1. The Balaban J connectivity index is 1.83. The standard InChI is InChI=1S/C32H40N2O3/c1-5-6-21-33-31(36)29(22-25-13-9-7-10-14-25)34(23-26-15-11-8-12-16-26)30(35)24-37-28-19-17-27(18-20-28)32(2,3)4/h7-20,29H,5-6,21-24H2,1-4H3,(H,33,36)/t29-/m0/s1. The maximum atomic E-state index is 13.6. The van der Waals surface area contributed by atoms with Crippen molar-refractivity contribution in [2.75, 3.05) is 13.2 Å². The number of hydrogen-bond acceptors (Lipinski definition) is 3. The van der Waals surface area contributed by atoms with E-state index in [1.807, 2.05) is 84.9 Å². The maximum absolute atomic E-state index is 13.6. The van der Waals surface area contributed by atoms with E-state index in [-0.39, 0.29) is 23.8 Å². The second-order valence-electron chi connectivity index (χ2n) is 10.4. The van der Waals surface area contributed by atoms with E-state index < -0.39 is 6.04 Å². The lowest BCUT2D eigenvalue weighted by Crippen LogP contribution is -2.51. The van der Waals surface area contributed by atoms with Crippen molar-refractivity contribution in [1.82, 2.24) is 10.2 Å². The number of amides is 2. The minimum absolute atomic E-state index is 0.0383. The van der Waals surface area contributed by atoms with Gasteiger partial charge in [-0.05, 0) is 40.7 Å². The van der Waals surface area contributed by atoms with Gasteiger partial charge in [0, 0.05) is 19.5 Å². The van der Waals surface area contributed by atoms with Crippen LogP contribution >= 0.6 is 0 Å². The average Bonchev–Trinajstić information content (AvgIpc) is 2.90. The molecular formula is C32H40N2O3. The number of carbonyl (C=O) groups excluding carboxylic acids is 2. The molecule has 0 fully saturated rings. The van der Waals surface area contributed by atoms with Crippen molar-refractivity contribution in [3.63, 3.8) is 0 Å². The molecule has 3 rings (SSSR count). The second-order valence-corrected chi connectivity index (χ2v) is 10.4. The van der Waals surface area contributed by atoms with Crippen LogP contribution in [0.1, 0.15) is 57.2 Å². The lowest BCUT2D eigenvalue weighted by atomic mass is 9.87. The summed E-state index contributed by atoms with van der Waals surface area (Å²) in [5.74, 6) is 0.263. The zero-order chi connectivity index (χ0) is 26.7. The number of benzene rings is 3. The fourth-order valence-electron chi connectivity index (χ4n) is 4.12. The van der Waals surface area contributed by atoms with Crippen LogP contribution in [0, 0.1) is 0 Å². The summed E-state index contributed by atoms with van der Waals surface area (Å²) < 4.78 is 5.91. The lowest BCUT2D eigenvalue weighted by Gasteiger charge is -2.31. The molecule has 0 aliphatic rings. The topological polar surface area (TPSA) is 58.6 Å². The third-order valence-electron chi connectivity index (χ3n) is 6.38. The van der Waals surface area contributed by atoms with Gasteiger partial charge in [-0.1, -0.05) is 107 Å². The zero-order valence-corrected chi connectivity index (χ0v) is 22.6. The van der Waals surface area contributed by atoms with E-state index in [2.05, 4.69) is 33.0 Å². The molecule has 1 atom stereocenters. The van der Waals surface area contributed by atoms with Gasteiger partial charge >= 0.3 is 0 Å². The number of nitrogens with zero attached hydrogens (tertiary/aromatic N) is 1. The maximum Gasteiger partial charge on any atom is 0.261 e. The minimum atomic E-state index is -0.654. The molecule has 0 saturated heterocycles. The van der Waals surface area contributed by atoms with Crippen molar-refractivity contribution >= 4 is 11.8 Å². The molecule has 0 aliphatic carbocycles. The van der Waals surface area contributed by atoms with E-state index in [9.17, 15) is 9.59 Å². The van der Waals surface area contributed by atoms with Gasteiger partial charge in [-0.3, -0.25) is 9.59 Å². The first-order valence-electron chi connectivity index (χ1n) is 13.2. The number of rotatable bonds is 12. The summed E-state index contributed by atoms with van der Waals surface area (Å²) in [6, 6.07) is 26.8. The van der Waals surface area contributed by atoms with Crippen LogP contribution in [0.15, 0.2) is 84.9 Å². The van der Waals surface area contributed by atoms with Crippen molar-refractivity contribution in [3.05, 3.63) is 102 Å². The molecule has 3 aromatic rings. The summed E-state index contributed by atoms with van der Waals surface area (Å²) in [5, 5.41) is 3.05. The highest BCUT2D eigenvalue weighted by Gasteiger charge is 2.30. The molecule has 0 unspecified atom stereocenters. The van der Waals surface area contributed by atoms with Crippen molar-refractivity contribution in [2.24, 2.45) is 0 Å². The quantitative estimate of drug-likeness (QED) is 0.314. The van der Waals surface area contributed by atoms with Crippen LogP contribution in [0.5, 0.6) is 5.75 Å². The first kappa shape index (κ1) is 28.0. The Morgan fingerprint density at radius 3 is 2.03 bits per heavy atom. The average molecular weight is 501 g/mol. The molecule has 0 spiro atoms. The van der Waals surface area contributed by atoms with Crippen molar-refractivity contribution in [1.29, 1.82) is 0 Å². The number of hydrogen-bond donors (Lipinski definition) is 1. The summed E-state index contributed by atoms with van der Waals surface area (Å²) >= 11 is 0. The predicted molar refractivity (Wildman–Crippen MR) is 149 cm³/mol. The SMILES string of the molecule is CCCCNC(=O)[C@H](Cc1ccccc1)N(Cc1ccccc1)C(=O)COc1ccc(C(C)(C)C)cc1. The molecule has 0 heterocycles. The van der Waals surface area contributed by atoms with E-state index in [1.54, 1.807) is 4.90 Å². The Morgan fingerprint density at radius 1 is 0.865 bits per heavy atom. The van der Waals surface area contributed by atoms with Gasteiger partial charge in [0.1, 0.15) is 11.8 Å². The number of ether oxygens (including phenoxy) is 1. The predicted octanol–water partition coefficient (Wildman–Crippen LogP) is 5.92. The summed E-state index contributed by atoms with van der Waals surface area (Å²) in [5.41, 5.74) is 3.20. The van der Waals surface area contributed by atoms with Crippen LogP contribution in [-0.4, -0.2) is 35.9 Å². The molecule has 0 aromatic heterocycles. The van der Waals surface area contributed by atoms with Gasteiger partial charge < -0.3 is 15.0 Å². The second kappa shape index (κ2) is 13.6. The molecule has 37 heavy (non-hydrogen) atoms. The largest absolute Gasteiger partial charge is 0.484 e. The van der Waals surface area contributed by atoms with Gasteiger partial charge in [-0.25, -0.2) is 0 Å². The molecule has 5 heteroatoms. The fourth-order valence-corrected chi connectivity index (χ4v) is 4.12. The minimum Gasteiger partial charge on any atom is -0.484 e. The van der Waals surface area contributed by atoms with Gasteiger partial charge in [0.2, 0.25) is 5.91 Å². The fraction of sp³-hybridized carbons (Fsp3) is 0.375. The Kier molecular flexibility index (Phi) is 10.3. The molecule has 2 amide bonds. The summed E-state index contributed by atoms with van der Waals surface area (Å²) in [6.45, 7) is 9.33. The monoisotopic (exact) mass is 500 g/mol. The van der Waals surface area contributed by atoms with E-state index in [0.29, 0.717) is 25.3 Å². The van der Waals surface area contributed by atoms with Crippen molar-refractivity contribution in [2.45, 2.75) is 65.0 Å².